The van der Waals surface area contributed by atoms with Crippen molar-refractivity contribution in [1.82, 2.24) is 9.97 Å². The number of pyridine rings is 1. The Morgan fingerprint density at radius 1 is 1.35 bits per heavy atom. The second kappa shape index (κ2) is 4.90. The van der Waals surface area contributed by atoms with Crippen molar-refractivity contribution in [3.8, 4) is 17.0 Å². The maximum absolute atomic E-state index is 11.6. The van der Waals surface area contributed by atoms with E-state index in [0.29, 0.717) is 17.0 Å². The summed E-state index contributed by atoms with van der Waals surface area (Å²) in [6, 6.07) is 9.55. The predicted molar refractivity (Wildman–Crippen MR) is 76.8 cm³/mol. The molecule has 0 fully saturated rings. The number of rotatable bonds is 3. The predicted octanol–water partition coefficient (Wildman–Crippen LogP) is 2.27. The van der Waals surface area contributed by atoms with Gasteiger partial charge in [0.05, 0.1) is 17.5 Å². The fraction of sp³-hybridized carbons (Fsp3) is 0.0714. The van der Waals surface area contributed by atoms with Crippen LogP contribution in [0.4, 0.5) is 0 Å². The van der Waals surface area contributed by atoms with Gasteiger partial charge in [-0.3, -0.25) is 4.79 Å². The second-order valence-corrected chi connectivity index (χ2v) is 4.85. The quantitative estimate of drug-likeness (QED) is 0.800. The number of primary amides is 1. The van der Waals surface area contributed by atoms with Gasteiger partial charge in [0.15, 0.2) is 17.0 Å². The summed E-state index contributed by atoms with van der Waals surface area (Å²) >= 11 is 1.33. The van der Waals surface area contributed by atoms with Crippen LogP contribution in [0, 0.1) is 5.51 Å². The summed E-state index contributed by atoms with van der Waals surface area (Å²) in [6.07, 6.45) is 0. The van der Waals surface area contributed by atoms with Gasteiger partial charge in [0.25, 0.3) is 5.91 Å². The van der Waals surface area contributed by atoms with Gasteiger partial charge in [-0.2, -0.15) is 0 Å². The molecule has 2 aromatic heterocycles. The Balaban J connectivity index is 2.38. The van der Waals surface area contributed by atoms with Crippen molar-refractivity contribution in [2.45, 2.75) is 0 Å². The van der Waals surface area contributed by atoms with E-state index in [0.717, 1.165) is 10.3 Å². The van der Waals surface area contributed by atoms with Crippen molar-refractivity contribution in [3.05, 3.63) is 41.5 Å². The standard InChI is InChI=1S/C14H10N3O2S/c1-19-12-10-13(20-7-16-10)9(17-11(12)14(15)18)8-5-3-2-4-6-8/h2-6H,1H3,(H2,15,18). The first kappa shape index (κ1) is 12.6. The third-order valence-corrected chi connectivity index (χ3v) is 3.65. The van der Waals surface area contributed by atoms with Gasteiger partial charge in [-0.1, -0.05) is 30.3 Å². The summed E-state index contributed by atoms with van der Waals surface area (Å²) < 4.78 is 6.05. The van der Waals surface area contributed by atoms with Crippen molar-refractivity contribution < 1.29 is 9.53 Å². The van der Waals surface area contributed by atoms with Crippen LogP contribution in [0.3, 0.4) is 0 Å². The minimum Gasteiger partial charge on any atom is -0.492 e. The van der Waals surface area contributed by atoms with Crippen LogP contribution in [0.15, 0.2) is 30.3 Å². The van der Waals surface area contributed by atoms with Crippen molar-refractivity contribution in [2.75, 3.05) is 7.11 Å². The first-order valence-electron chi connectivity index (χ1n) is 5.82. The molecule has 99 valence electrons. The largest absolute Gasteiger partial charge is 0.492 e. The number of carbonyl (C=O) groups excluding carboxylic acids is 1. The van der Waals surface area contributed by atoms with Crippen LogP contribution >= 0.6 is 11.3 Å². The molecular weight excluding hydrogens is 274 g/mol. The van der Waals surface area contributed by atoms with E-state index in [1.807, 2.05) is 30.3 Å². The smallest absolute Gasteiger partial charge is 0.271 e. The van der Waals surface area contributed by atoms with Crippen molar-refractivity contribution in [1.29, 1.82) is 0 Å². The van der Waals surface area contributed by atoms with Crippen LogP contribution in [-0.2, 0) is 0 Å². The molecule has 6 heteroatoms. The van der Waals surface area contributed by atoms with Crippen LogP contribution in [0.1, 0.15) is 10.5 Å². The molecule has 5 nitrogen and oxygen atoms in total. The van der Waals surface area contributed by atoms with Gasteiger partial charge < -0.3 is 10.5 Å². The zero-order chi connectivity index (χ0) is 14.1. The Bertz CT molecular complexity index is 784. The molecule has 0 aliphatic rings. The lowest BCUT2D eigenvalue weighted by atomic mass is 10.1. The van der Waals surface area contributed by atoms with Gasteiger partial charge in [-0.15, -0.1) is 11.3 Å². The number of fused-ring (bicyclic) bond motifs is 1. The number of hydrogen-bond acceptors (Lipinski definition) is 5. The average Bonchev–Trinajstić information content (AvgIpc) is 2.95. The lowest BCUT2D eigenvalue weighted by Crippen LogP contribution is -2.15. The average molecular weight is 284 g/mol. The van der Waals surface area contributed by atoms with Gasteiger partial charge in [-0.05, 0) is 0 Å². The lowest BCUT2D eigenvalue weighted by Gasteiger charge is -2.09. The minimum absolute atomic E-state index is 0.0816. The summed E-state index contributed by atoms with van der Waals surface area (Å²) in [7, 11) is 1.46. The summed E-state index contributed by atoms with van der Waals surface area (Å²) in [6.45, 7) is 0. The zero-order valence-electron chi connectivity index (χ0n) is 10.6. The van der Waals surface area contributed by atoms with Gasteiger partial charge in [0.2, 0.25) is 0 Å². The highest BCUT2D eigenvalue weighted by Gasteiger charge is 2.21. The molecular formula is C14H10N3O2S. The molecule has 1 amide bonds. The number of ether oxygens (including phenoxy) is 1. The summed E-state index contributed by atoms with van der Waals surface area (Å²) in [5, 5.41) is 0. The van der Waals surface area contributed by atoms with Crippen LogP contribution < -0.4 is 10.5 Å². The minimum atomic E-state index is -0.645. The molecule has 2 heterocycles. The number of benzene rings is 1. The molecule has 3 rings (SSSR count). The third-order valence-electron chi connectivity index (χ3n) is 2.87. The highest BCUT2D eigenvalue weighted by molar-refractivity contribution is 7.17. The maximum atomic E-state index is 11.6. The number of carbonyl (C=O) groups is 1. The highest BCUT2D eigenvalue weighted by atomic mass is 32.1. The number of aromatic nitrogens is 2. The molecule has 0 bridgehead atoms. The first-order chi connectivity index (χ1) is 9.72. The molecule has 1 radical (unpaired) electrons. The van der Waals surface area contributed by atoms with Gasteiger partial charge >= 0.3 is 0 Å². The molecule has 0 aliphatic carbocycles. The summed E-state index contributed by atoms with van der Waals surface area (Å²) in [4.78, 5) is 20.1. The van der Waals surface area contributed by atoms with E-state index >= 15 is 0 Å². The molecule has 0 aliphatic heterocycles. The fourth-order valence-corrected chi connectivity index (χ4v) is 2.73. The van der Waals surface area contributed by atoms with E-state index in [-0.39, 0.29) is 5.69 Å². The Kier molecular flexibility index (Phi) is 3.08. The molecule has 3 aromatic rings. The van der Waals surface area contributed by atoms with E-state index in [1.165, 1.54) is 18.4 Å². The number of methoxy groups -OCH3 is 1. The number of hydrogen-bond donors (Lipinski definition) is 1. The van der Waals surface area contributed by atoms with Gasteiger partial charge in [0, 0.05) is 5.56 Å². The first-order valence-corrected chi connectivity index (χ1v) is 6.64. The number of nitrogens with zero attached hydrogens (tertiary/aromatic N) is 2. The molecule has 0 atom stereocenters. The van der Waals surface area contributed by atoms with Crippen molar-refractivity contribution in [2.24, 2.45) is 5.73 Å². The van der Waals surface area contributed by atoms with E-state index in [9.17, 15) is 4.79 Å². The fourth-order valence-electron chi connectivity index (χ4n) is 2.01. The summed E-state index contributed by atoms with van der Waals surface area (Å²) in [5.74, 6) is -0.349. The Hall–Kier alpha value is -2.47. The van der Waals surface area contributed by atoms with Gasteiger partial charge in [-0.25, -0.2) is 9.97 Å². The van der Waals surface area contributed by atoms with Crippen LogP contribution in [0.2, 0.25) is 0 Å². The van der Waals surface area contributed by atoms with E-state index < -0.39 is 5.91 Å². The molecule has 20 heavy (non-hydrogen) atoms. The third kappa shape index (κ3) is 1.90. The second-order valence-electron chi connectivity index (χ2n) is 4.06. The normalized spacial score (nSPS) is 10.7. The number of nitrogens with two attached hydrogens (primary N) is 1. The zero-order valence-corrected chi connectivity index (χ0v) is 11.4. The van der Waals surface area contributed by atoms with Crippen LogP contribution in [-0.4, -0.2) is 23.0 Å². The van der Waals surface area contributed by atoms with E-state index in [1.54, 1.807) is 0 Å². The molecule has 0 spiro atoms. The number of amides is 1. The van der Waals surface area contributed by atoms with E-state index in [2.05, 4.69) is 15.5 Å². The SMILES string of the molecule is COc1c(C(N)=O)nc(-c2ccccc2)c2s[c]nc12. The van der Waals surface area contributed by atoms with Crippen molar-refractivity contribution >= 4 is 27.5 Å². The maximum Gasteiger partial charge on any atom is 0.271 e. The Morgan fingerprint density at radius 3 is 2.75 bits per heavy atom. The monoisotopic (exact) mass is 284 g/mol. The van der Waals surface area contributed by atoms with Crippen LogP contribution in [0.5, 0.6) is 5.75 Å². The molecule has 0 saturated carbocycles. The highest BCUT2D eigenvalue weighted by Crippen LogP contribution is 2.36. The van der Waals surface area contributed by atoms with E-state index in [4.69, 9.17) is 10.5 Å². The molecule has 0 unspecified atom stereocenters. The molecule has 0 saturated heterocycles. The topological polar surface area (TPSA) is 78.1 Å². The Labute approximate surface area is 119 Å². The van der Waals surface area contributed by atoms with Crippen molar-refractivity contribution in [3.63, 3.8) is 0 Å². The number of thiazole rings is 1. The van der Waals surface area contributed by atoms with Crippen LogP contribution in [0.25, 0.3) is 21.5 Å². The lowest BCUT2D eigenvalue weighted by molar-refractivity contribution is 0.0993. The molecule has 1 aromatic carbocycles. The molecule has 2 N–H and O–H groups in total. The Morgan fingerprint density at radius 2 is 2.10 bits per heavy atom. The summed E-state index contributed by atoms with van der Waals surface area (Å²) in [5.41, 5.74) is 10.4. The van der Waals surface area contributed by atoms with Gasteiger partial charge in [0.1, 0.15) is 5.52 Å².